The molecule has 0 amide bonds. The fourth-order valence-corrected chi connectivity index (χ4v) is 2.91. The number of nitrogens with zero attached hydrogens (tertiary/aromatic N) is 1. The first-order valence-electron chi connectivity index (χ1n) is 7.72. The average Bonchev–Trinajstić information content (AvgIpc) is 2.63. The molecule has 2 nitrogen and oxygen atoms in total. The molecule has 0 aliphatic rings. The summed E-state index contributed by atoms with van der Waals surface area (Å²) in [6, 6.07) is 19.6. The Hall–Kier alpha value is -1.74. The molecule has 116 valence electrons. The van der Waals surface area contributed by atoms with Gasteiger partial charge in [0.2, 0.25) is 0 Å². The van der Waals surface area contributed by atoms with E-state index in [0.29, 0.717) is 6.04 Å². The van der Waals surface area contributed by atoms with E-state index < -0.39 is 0 Å². The molecule has 22 heavy (non-hydrogen) atoms. The summed E-state index contributed by atoms with van der Waals surface area (Å²) in [5.41, 5.74) is 1.09. The Morgan fingerprint density at radius 3 is 2.09 bits per heavy atom. The van der Waals surface area contributed by atoms with E-state index in [-0.39, 0.29) is 6.04 Å². The zero-order valence-electron chi connectivity index (χ0n) is 13.7. The van der Waals surface area contributed by atoms with Crippen LogP contribution in [0, 0.1) is 0 Å². The van der Waals surface area contributed by atoms with E-state index in [0.717, 1.165) is 11.0 Å². The lowest BCUT2D eigenvalue weighted by molar-refractivity contribution is 0.803. The minimum absolute atomic E-state index is 0.278. The number of rotatable bonds is 5. The lowest BCUT2D eigenvalue weighted by Crippen LogP contribution is -2.17. The summed E-state index contributed by atoms with van der Waals surface area (Å²) in [5.74, 6) is 0. The number of nitrogens with one attached hydrogen (secondary N) is 1. The standard InChI is InChI=1S/C19H24N2S/c1-14(2)20-18-12-10-17(11-13-19(18)21-15(3)4)22-16-8-6-5-7-9-16/h5-15H,1-4H3,(H,20,21). The molecule has 0 radical (unpaired) electrons. The average molecular weight is 312 g/mol. The third kappa shape index (κ3) is 5.23. The molecular formula is C19H24N2S. The van der Waals surface area contributed by atoms with Gasteiger partial charge in [-0.2, -0.15) is 0 Å². The molecule has 1 N–H and O–H groups in total. The summed E-state index contributed by atoms with van der Waals surface area (Å²) in [4.78, 5) is 7.18. The summed E-state index contributed by atoms with van der Waals surface area (Å²) in [6.07, 6.45) is 0. The third-order valence-electron chi connectivity index (χ3n) is 2.92. The highest BCUT2D eigenvalue weighted by Gasteiger charge is 2.01. The van der Waals surface area contributed by atoms with Gasteiger partial charge in [-0.05, 0) is 64.1 Å². The molecular weight excluding hydrogens is 288 g/mol. The molecule has 0 saturated carbocycles. The summed E-state index contributed by atoms with van der Waals surface area (Å²) in [7, 11) is 0. The van der Waals surface area contributed by atoms with Gasteiger partial charge in [0.15, 0.2) is 0 Å². The molecule has 2 rings (SSSR count). The highest BCUT2D eigenvalue weighted by atomic mass is 32.2. The van der Waals surface area contributed by atoms with Crippen LogP contribution in [-0.2, 0) is 0 Å². The first-order chi connectivity index (χ1) is 10.5. The quantitative estimate of drug-likeness (QED) is 0.843. The van der Waals surface area contributed by atoms with Crippen molar-refractivity contribution < 1.29 is 0 Å². The van der Waals surface area contributed by atoms with Crippen molar-refractivity contribution in [3.05, 3.63) is 60.0 Å². The molecule has 0 aliphatic heterocycles. The van der Waals surface area contributed by atoms with Crippen LogP contribution in [0.25, 0.3) is 0 Å². The van der Waals surface area contributed by atoms with E-state index in [1.54, 1.807) is 11.8 Å². The topological polar surface area (TPSA) is 24.4 Å². The molecule has 2 aromatic carbocycles. The predicted octanol–water partition coefficient (Wildman–Crippen LogP) is 4.97. The Bertz CT molecular complexity index is 664. The van der Waals surface area contributed by atoms with Crippen molar-refractivity contribution in [2.75, 3.05) is 5.32 Å². The van der Waals surface area contributed by atoms with Gasteiger partial charge in [0.1, 0.15) is 0 Å². The van der Waals surface area contributed by atoms with Crippen LogP contribution in [0.5, 0.6) is 0 Å². The number of anilines is 1. The normalized spacial score (nSPS) is 12.0. The summed E-state index contributed by atoms with van der Waals surface area (Å²) >= 11 is 1.77. The van der Waals surface area contributed by atoms with Gasteiger partial charge in [-0.15, -0.1) is 0 Å². The van der Waals surface area contributed by atoms with E-state index in [1.807, 2.05) is 6.07 Å². The minimum atomic E-state index is 0.278. The Morgan fingerprint density at radius 1 is 0.818 bits per heavy atom. The molecule has 0 unspecified atom stereocenters. The van der Waals surface area contributed by atoms with Gasteiger partial charge in [-0.25, -0.2) is 0 Å². The van der Waals surface area contributed by atoms with Crippen molar-refractivity contribution in [2.24, 2.45) is 4.99 Å². The molecule has 0 spiro atoms. The zero-order chi connectivity index (χ0) is 15.9. The van der Waals surface area contributed by atoms with Crippen LogP contribution in [-0.4, -0.2) is 12.1 Å². The molecule has 0 saturated heterocycles. The lowest BCUT2D eigenvalue weighted by Gasteiger charge is -2.09. The fourth-order valence-electron chi connectivity index (χ4n) is 2.07. The largest absolute Gasteiger partial charge is 0.381 e. The van der Waals surface area contributed by atoms with Crippen LogP contribution in [0.15, 0.2) is 69.4 Å². The zero-order valence-corrected chi connectivity index (χ0v) is 14.5. The number of hydrogen-bond donors (Lipinski definition) is 1. The van der Waals surface area contributed by atoms with Gasteiger partial charge in [-0.1, -0.05) is 30.0 Å². The second kappa shape index (κ2) is 8.04. The van der Waals surface area contributed by atoms with Gasteiger partial charge in [0, 0.05) is 21.9 Å². The molecule has 3 heteroatoms. The van der Waals surface area contributed by atoms with Crippen molar-refractivity contribution in [3.8, 4) is 0 Å². The van der Waals surface area contributed by atoms with E-state index in [9.17, 15) is 0 Å². The second-order valence-corrected chi connectivity index (χ2v) is 6.95. The fraction of sp³-hybridized carbons (Fsp3) is 0.316. The van der Waals surface area contributed by atoms with Crippen LogP contribution in [0.1, 0.15) is 27.7 Å². The third-order valence-corrected chi connectivity index (χ3v) is 3.93. The Morgan fingerprint density at radius 2 is 1.45 bits per heavy atom. The minimum Gasteiger partial charge on any atom is -0.381 e. The van der Waals surface area contributed by atoms with E-state index >= 15 is 0 Å². The molecule has 0 fully saturated rings. The molecule has 0 aromatic heterocycles. The first-order valence-corrected chi connectivity index (χ1v) is 8.54. The van der Waals surface area contributed by atoms with E-state index in [4.69, 9.17) is 4.99 Å². The van der Waals surface area contributed by atoms with Crippen molar-refractivity contribution in [1.29, 1.82) is 0 Å². The maximum atomic E-state index is 4.73. The maximum Gasteiger partial charge on any atom is 0.0809 e. The van der Waals surface area contributed by atoms with Crippen LogP contribution >= 0.6 is 11.8 Å². The van der Waals surface area contributed by atoms with Gasteiger partial charge in [0.05, 0.1) is 11.0 Å². The van der Waals surface area contributed by atoms with Crippen molar-refractivity contribution >= 4 is 17.4 Å². The van der Waals surface area contributed by atoms with Crippen LogP contribution in [0.3, 0.4) is 0 Å². The van der Waals surface area contributed by atoms with E-state index in [2.05, 4.69) is 81.5 Å². The van der Waals surface area contributed by atoms with Gasteiger partial charge < -0.3 is 5.32 Å². The Balaban J connectivity index is 2.38. The van der Waals surface area contributed by atoms with Gasteiger partial charge in [0.25, 0.3) is 0 Å². The molecule has 2 aromatic rings. The Kier molecular flexibility index (Phi) is 6.08. The SMILES string of the molecule is CC(C)N=c1ccc(Sc2ccccc2)ccc1NC(C)C. The van der Waals surface area contributed by atoms with Crippen molar-refractivity contribution in [1.82, 2.24) is 0 Å². The lowest BCUT2D eigenvalue weighted by atomic mass is 10.3. The molecule has 0 aliphatic carbocycles. The van der Waals surface area contributed by atoms with Crippen LogP contribution < -0.4 is 10.7 Å². The maximum absolute atomic E-state index is 4.73. The summed E-state index contributed by atoms with van der Waals surface area (Å²) < 4.78 is 0. The number of hydrogen-bond acceptors (Lipinski definition) is 3. The Labute approximate surface area is 137 Å². The highest BCUT2D eigenvalue weighted by Crippen LogP contribution is 2.26. The van der Waals surface area contributed by atoms with Crippen LogP contribution in [0.4, 0.5) is 5.69 Å². The smallest absolute Gasteiger partial charge is 0.0809 e. The summed E-state index contributed by atoms with van der Waals surface area (Å²) in [6.45, 7) is 8.50. The second-order valence-electron chi connectivity index (χ2n) is 5.80. The van der Waals surface area contributed by atoms with Gasteiger partial charge >= 0.3 is 0 Å². The first kappa shape index (κ1) is 16.6. The van der Waals surface area contributed by atoms with E-state index in [1.165, 1.54) is 9.79 Å². The highest BCUT2D eigenvalue weighted by molar-refractivity contribution is 7.99. The van der Waals surface area contributed by atoms with Gasteiger partial charge in [-0.3, -0.25) is 4.99 Å². The molecule has 0 heterocycles. The summed E-state index contributed by atoms with van der Waals surface area (Å²) in [5, 5.41) is 4.50. The van der Waals surface area contributed by atoms with Crippen molar-refractivity contribution in [2.45, 2.75) is 49.6 Å². The molecule has 0 atom stereocenters. The predicted molar refractivity (Wildman–Crippen MR) is 96.5 cm³/mol. The monoisotopic (exact) mass is 312 g/mol. The molecule has 0 bridgehead atoms. The van der Waals surface area contributed by atoms with Crippen molar-refractivity contribution in [3.63, 3.8) is 0 Å². The van der Waals surface area contributed by atoms with Crippen LogP contribution in [0.2, 0.25) is 0 Å². The number of benzene rings is 1.